The molecule has 0 radical (unpaired) electrons. The average Bonchev–Trinajstić information content (AvgIpc) is 2.31. The molecule has 0 fully saturated rings. The van der Waals surface area contributed by atoms with Crippen molar-refractivity contribution in [3.05, 3.63) is 53.8 Å². The minimum Gasteiger partial charge on any atom is -0.399 e. The van der Waals surface area contributed by atoms with Crippen LogP contribution in [0.4, 0.5) is 21.5 Å². The van der Waals surface area contributed by atoms with Gasteiger partial charge in [-0.25, -0.2) is 4.39 Å². The summed E-state index contributed by atoms with van der Waals surface area (Å²) in [5.74, 6) is -0.443. The molecule has 0 spiro atoms. The summed E-state index contributed by atoms with van der Waals surface area (Å²) in [6.07, 6.45) is 0. The van der Waals surface area contributed by atoms with Crippen LogP contribution in [0.15, 0.2) is 42.5 Å². The molecule has 3 nitrogen and oxygen atoms in total. The van der Waals surface area contributed by atoms with Crippen LogP contribution in [0.25, 0.3) is 0 Å². The van der Waals surface area contributed by atoms with E-state index in [2.05, 4.69) is 5.32 Å². The summed E-state index contributed by atoms with van der Waals surface area (Å²) in [5.41, 5.74) is 7.82. The molecule has 0 unspecified atom stereocenters. The van der Waals surface area contributed by atoms with Gasteiger partial charge in [0.2, 0.25) is 0 Å². The first-order chi connectivity index (χ1) is 8.17. The number of hydrogen-bond acceptors (Lipinski definition) is 3. The zero-order valence-corrected chi connectivity index (χ0v) is 8.94. The van der Waals surface area contributed by atoms with Crippen molar-refractivity contribution in [2.75, 3.05) is 11.1 Å². The molecule has 2 aromatic rings. The molecular formula is C13H10FN3. The van der Waals surface area contributed by atoms with Gasteiger partial charge < -0.3 is 11.1 Å². The minimum atomic E-state index is -0.443. The van der Waals surface area contributed by atoms with Gasteiger partial charge in [0.1, 0.15) is 5.82 Å². The van der Waals surface area contributed by atoms with E-state index in [0.717, 1.165) is 5.69 Å². The maximum atomic E-state index is 13.2. The van der Waals surface area contributed by atoms with Gasteiger partial charge in [-0.2, -0.15) is 5.26 Å². The molecule has 0 aromatic heterocycles. The molecule has 3 N–H and O–H groups in total. The Morgan fingerprint density at radius 3 is 2.41 bits per heavy atom. The Bertz CT molecular complexity index is 570. The van der Waals surface area contributed by atoms with Crippen molar-refractivity contribution < 1.29 is 4.39 Å². The van der Waals surface area contributed by atoms with E-state index in [1.807, 2.05) is 6.07 Å². The second-order valence-electron chi connectivity index (χ2n) is 3.59. The van der Waals surface area contributed by atoms with E-state index in [-0.39, 0.29) is 5.56 Å². The highest BCUT2D eigenvalue weighted by Gasteiger charge is 2.00. The first-order valence-corrected chi connectivity index (χ1v) is 5.00. The minimum absolute atomic E-state index is 0.281. The number of anilines is 3. The fraction of sp³-hybridized carbons (Fsp3) is 0. The molecule has 0 aliphatic carbocycles. The number of nitrogens with one attached hydrogen (secondary N) is 1. The first kappa shape index (κ1) is 11.0. The molecule has 0 bridgehead atoms. The van der Waals surface area contributed by atoms with Gasteiger partial charge in [0.25, 0.3) is 0 Å². The number of nitrogens with two attached hydrogens (primary N) is 1. The third-order valence-corrected chi connectivity index (χ3v) is 2.23. The van der Waals surface area contributed by atoms with Crippen LogP contribution >= 0.6 is 0 Å². The molecular weight excluding hydrogens is 217 g/mol. The van der Waals surface area contributed by atoms with Gasteiger partial charge in [0.15, 0.2) is 0 Å². The van der Waals surface area contributed by atoms with Crippen molar-refractivity contribution >= 4 is 17.1 Å². The van der Waals surface area contributed by atoms with Gasteiger partial charge in [0.05, 0.1) is 11.6 Å². The normalized spacial score (nSPS) is 9.65. The number of benzene rings is 2. The molecule has 17 heavy (non-hydrogen) atoms. The highest BCUT2D eigenvalue weighted by Crippen LogP contribution is 2.20. The summed E-state index contributed by atoms with van der Waals surface area (Å²) in [5, 5.41) is 11.7. The van der Waals surface area contributed by atoms with Crippen molar-refractivity contribution in [2.45, 2.75) is 0 Å². The monoisotopic (exact) mass is 227 g/mol. The zero-order chi connectivity index (χ0) is 12.3. The second kappa shape index (κ2) is 4.54. The molecule has 84 valence electrons. The summed E-state index contributed by atoms with van der Waals surface area (Å²) in [4.78, 5) is 0. The van der Waals surface area contributed by atoms with Crippen LogP contribution in [0.1, 0.15) is 5.56 Å². The molecule has 0 aliphatic heterocycles. The van der Waals surface area contributed by atoms with Crippen LogP contribution in [-0.2, 0) is 0 Å². The number of nitrogens with zero attached hydrogens (tertiary/aromatic N) is 1. The predicted octanol–water partition coefficient (Wildman–Crippen LogP) is 3.02. The van der Waals surface area contributed by atoms with Crippen LogP contribution in [0, 0.1) is 17.1 Å². The Morgan fingerprint density at radius 1 is 1.06 bits per heavy atom. The van der Waals surface area contributed by atoms with Gasteiger partial charge >= 0.3 is 0 Å². The molecule has 0 heterocycles. The molecule has 0 aliphatic rings. The maximum Gasteiger partial charge on any atom is 0.126 e. The Hall–Kier alpha value is -2.54. The second-order valence-corrected chi connectivity index (χ2v) is 3.59. The van der Waals surface area contributed by atoms with E-state index in [0.29, 0.717) is 11.4 Å². The fourth-order valence-corrected chi connectivity index (χ4v) is 1.46. The molecule has 2 aromatic carbocycles. The first-order valence-electron chi connectivity index (χ1n) is 5.00. The Labute approximate surface area is 98.3 Å². The third kappa shape index (κ3) is 2.73. The highest BCUT2D eigenvalue weighted by molar-refractivity contribution is 5.63. The number of halogens is 1. The van der Waals surface area contributed by atoms with E-state index in [9.17, 15) is 4.39 Å². The van der Waals surface area contributed by atoms with Crippen molar-refractivity contribution in [2.24, 2.45) is 0 Å². The smallest absolute Gasteiger partial charge is 0.126 e. The van der Waals surface area contributed by atoms with Crippen LogP contribution < -0.4 is 11.1 Å². The van der Waals surface area contributed by atoms with Crippen molar-refractivity contribution in [1.29, 1.82) is 5.26 Å². The number of hydrogen-bond donors (Lipinski definition) is 2. The molecule has 4 heteroatoms. The molecule has 0 amide bonds. The van der Waals surface area contributed by atoms with Gasteiger partial charge in [0, 0.05) is 17.1 Å². The van der Waals surface area contributed by atoms with Crippen molar-refractivity contribution in [3.8, 4) is 6.07 Å². The molecule has 2 rings (SSSR count). The largest absolute Gasteiger partial charge is 0.399 e. The summed E-state index contributed by atoms with van der Waals surface area (Å²) in [6, 6.07) is 13.1. The topological polar surface area (TPSA) is 61.8 Å². The maximum absolute atomic E-state index is 13.2. The Kier molecular flexibility index (Phi) is 2.93. The highest BCUT2D eigenvalue weighted by atomic mass is 19.1. The van der Waals surface area contributed by atoms with Gasteiger partial charge in [-0.15, -0.1) is 0 Å². The lowest BCUT2D eigenvalue weighted by Crippen LogP contribution is -1.93. The zero-order valence-electron chi connectivity index (χ0n) is 8.94. The molecule has 0 saturated heterocycles. The van der Waals surface area contributed by atoms with E-state index in [1.54, 1.807) is 30.3 Å². The van der Waals surface area contributed by atoms with E-state index in [1.165, 1.54) is 12.1 Å². The lowest BCUT2D eigenvalue weighted by Gasteiger charge is -2.07. The Morgan fingerprint density at radius 2 is 1.76 bits per heavy atom. The van der Waals surface area contributed by atoms with Crippen LogP contribution in [0.2, 0.25) is 0 Å². The lowest BCUT2D eigenvalue weighted by atomic mass is 10.2. The summed E-state index contributed by atoms with van der Waals surface area (Å²) >= 11 is 0. The predicted molar refractivity (Wildman–Crippen MR) is 65.3 cm³/mol. The van der Waals surface area contributed by atoms with Gasteiger partial charge in [-0.1, -0.05) is 0 Å². The van der Waals surface area contributed by atoms with Crippen molar-refractivity contribution in [3.63, 3.8) is 0 Å². The van der Waals surface area contributed by atoms with Crippen LogP contribution in [-0.4, -0.2) is 0 Å². The Balaban J connectivity index is 2.27. The summed E-state index contributed by atoms with van der Waals surface area (Å²) in [6.45, 7) is 0. The number of nitriles is 1. The molecule has 0 saturated carbocycles. The fourth-order valence-electron chi connectivity index (χ4n) is 1.46. The van der Waals surface area contributed by atoms with E-state index >= 15 is 0 Å². The van der Waals surface area contributed by atoms with Crippen LogP contribution in [0.5, 0.6) is 0 Å². The summed E-state index contributed by atoms with van der Waals surface area (Å²) < 4.78 is 13.2. The van der Waals surface area contributed by atoms with Gasteiger partial charge in [-0.3, -0.25) is 0 Å². The quantitative estimate of drug-likeness (QED) is 0.775. The SMILES string of the molecule is N#Cc1cc(F)cc(Nc2ccc(N)cc2)c1. The van der Waals surface area contributed by atoms with E-state index in [4.69, 9.17) is 11.0 Å². The standard InChI is InChI=1S/C13H10FN3/c14-10-5-9(8-15)6-13(7-10)17-12-3-1-11(16)2-4-12/h1-7,17H,16H2. The van der Waals surface area contributed by atoms with Crippen LogP contribution in [0.3, 0.4) is 0 Å². The third-order valence-electron chi connectivity index (χ3n) is 2.23. The lowest BCUT2D eigenvalue weighted by molar-refractivity contribution is 0.628. The molecule has 0 atom stereocenters. The number of nitrogen functional groups attached to an aromatic ring is 1. The average molecular weight is 227 g/mol. The van der Waals surface area contributed by atoms with Crippen molar-refractivity contribution in [1.82, 2.24) is 0 Å². The summed E-state index contributed by atoms with van der Waals surface area (Å²) in [7, 11) is 0. The van der Waals surface area contributed by atoms with E-state index < -0.39 is 5.82 Å². The van der Waals surface area contributed by atoms with Gasteiger partial charge in [-0.05, 0) is 42.5 Å². The number of rotatable bonds is 2.